The number of hydrogen-bond donors (Lipinski definition) is 1. The molecule has 1 N–H and O–H groups in total. The molecule has 3 heteroatoms. The van der Waals surface area contributed by atoms with E-state index in [4.69, 9.17) is 0 Å². The van der Waals surface area contributed by atoms with Gasteiger partial charge in [-0.25, -0.2) is 0 Å². The zero-order valence-electron chi connectivity index (χ0n) is 13.0. The topological polar surface area (TPSA) is 32.3 Å². The first-order chi connectivity index (χ1) is 10.8. The molecule has 0 aliphatic carbocycles. The van der Waals surface area contributed by atoms with E-state index >= 15 is 0 Å². The summed E-state index contributed by atoms with van der Waals surface area (Å²) in [5.74, 6) is 0.251. The predicted octanol–water partition coefficient (Wildman–Crippen LogP) is 3.63. The van der Waals surface area contributed by atoms with Crippen LogP contribution in [-0.4, -0.2) is 30.4 Å². The molecule has 1 aliphatic heterocycles. The Hall–Kier alpha value is -2.13. The van der Waals surface area contributed by atoms with Gasteiger partial charge in [0.15, 0.2) is 0 Å². The van der Waals surface area contributed by atoms with Gasteiger partial charge in [0.05, 0.1) is 5.92 Å². The van der Waals surface area contributed by atoms with Crippen molar-refractivity contribution >= 4 is 11.6 Å². The van der Waals surface area contributed by atoms with Gasteiger partial charge in [-0.05, 0) is 42.8 Å². The van der Waals surface area contributed by atoms with Crippen molar-refractivity contribution in [3.05, 3.63) is 54.6 Å². The average molecular weight is 294 g/mol. The summed E-state index contributed by atoms with van der Waals surface area (Å²) >= 11 is 0. The highest BCUT2D eigenvalue weighted by molar-refractivity contribution is 5.93. The Morgan fingerprint density at radius 1 is 1.14 bits per heavy atom. The molecule has 114 valence electrons. The smallest absolute Gasteiger partial charge is 0.228 e. The molecule has 0 aromatic heterocycles. The van der Waals surface area contributed by atoms with E-state index in [0.717, 1.165) is 42.9 Å². The van der Waals surface area contributed by atoms with E-state index < -0.39 is 0 Å². The van der Waals surface area contributed by atoms with Gasteiger partial charge in [0.2, 0.25) is 5.91 Å². The molecule has 0 unspecified atom stereocenters. The standard InChI is InChI=1S/C19H22N2O/c1-2-21-12-11-17(14-21)19(22)20-18-10-6-9-16(13-18)15-7-4-3-5-8-15/h3-10,13,17H,2,11-12,14H2,1H3,(H,20,22)/t17-/m1/s1. The lowest BCUT2D eigenvalue weighted by molar-refractivity contribution is -0.119. The molecule has 1 atom stereocenters. The van der Waals surface area contributed by atoms with E-state index in [0.29, 0.717) is 0 Å². The van der Waals surface area contributed by atoms with E-state index in [-0.39, 0.29) is 11.8 Å². The molecule has 22 heavy (non-hydrogen) atoms. The summed E-state index contributed by atoms with van der Waals surface area (Å²) in [6, 6.07) is 18.3. The quantitative estimate of drug-likeness (QED) is 0.934. The first kappa shape index (κ1) is 14.8. The van der Waals surface area contributed by atoms with Crippen LogP contribution in [0.2, 0.25) is 0 Å². The third-order valence-corrected chi connectivity index (χ3v) is 4.33. The number of likely N-dealkylation sites (tertiary alicyclic amines) is 1. The maximum atomic E-state index is 12.4. The average Bonchev–Trinajstić information content (AvgIpc) is 3.05. The number of anilines is 1. The highest BCUT2D eigenvalue weighted by Crippen LogP contribution is 2.23. The van der Waals surface area contributed by atoms with E-state index in [9.17, 15) is 4.79 Å². The maximum Gasteiger partial charge on any atom is 0.228 e. The Morgan fingerprint density at radius 2 is 1.91 bits per heavy atom. The lowest BCUT2D eigenvalue weighted by atomic mass is 10.0. The molecule has 2 aromatic rings. The summed E-state index contributed by atoms with van der Waals surface area (Å²) in [5.41, 5.74) is 3.16. The number of rotatable bonds is 4. The molecule has 0 radical (unpaired) electrons. The van der Waals surface area contributed by atoms with Crippen LogP contribution in [0.3, 0.4) is 0 Å². The number of carbonyl (C=O) groups is 1. The lowest BCUT2D eigenvalue weighted by Crippen LogP contribution is -2.26. The second-order valence-electron chi connectivity index (χ2n) is 5.81. The molecule has 3 rings (SSSR count). The van der Waals surface area contributed by atoms with Crippen LogP contribution in [0.25, 0.3) is 11.1 Å². The summed E-state index contributed by atoms with van der Waals surface area (Å²) in [5, 5.41) is 3.07. The Kier molecular flexibility index (Phi) is 4.54. The molecule has 1 aliphatic rings. The second-order valence-corrected chi connectivity index (χ2v) is 5.81. The lowest BCUT2D eigenvalue weighted by Gasteiger charge is -2.14. The van der Waals surface area contributed by atoms with Gasteiger partial charge in [0.25, 0.3) is 0 Å². The van der Waals surface area contributed by atoms with Crippen molar-refractivity contribution in [2.24, 2.45) is 5.92 Å². The van der Waals surface area contributed by atoms with Crippen LogP contribution >= 0.6 is 0 Å². The first-order valence-electron chi connectivity index (χ1n) is 7.95. The van der Waals surface area contributed by atoms with Gasteiger partial charge < -0.3 is 10.2 Å². The van der Waals surface area contributed by atoms with Crippen LogP contribution in [-0.2, 0) is 4.79 Å². The van der Waals surface area contributed by atoms with Crippen LogP contribution in [0.1, 0.15) is 13.3 Å². The van der Waals surface area contributed by atoms with Crippen LogP contribution in [0.15, 0.2) is 54.6 Å². The molecular weight excluding hydrogens is 272 g/mol. The highest BCUT2D eigenvalue weighted by Gasteiger charge is 2.27. The molecule has 1 fully saturated rings. The van der Waals surface area contributed by atoms with Gasteiger partial charge in [-0.2, -0.15) is 0 Å². The summed E-state index contributed by atoms with van der Waals surface area (Å²) < 4.78 is 0. The molecule has 0 bridgehead atoms. The predicted molar refractivity (Wildman–Crippen MR) is 90.7 cm³/mol. The fourth-order valence-electron chi connectivity index (χ4n) is 2.99. The number of benzene rings is 2. The Balaban J connectivity index is 1.70. The molecule has 3 nitrogen and oxygen atoms in total. The van der Waals surface area contributed by atoms with Crippen molar-refractivity contribution in [2.45, 2.75) is 13.3 Å². The van der Waals surface area contributed by atoms with Crippen molar-refractivity contribution in [1.29, 1.82) is 0 Å². The van der Waals surface area contributed by atoms with Crippen molar-refractivity contribution < 1.29 is 4.79 Å². The third kappa shape index (κ3) is 3.37. The zero-order chi connectivity index (χ0) is 15.4. The van der Waals surface area contributed by atoms with Gasteiger partial charge in [-0.1, -0.05) is 49.4 Å². The summed E-state index contributed by atoms with van der Waals surface area (Å²) in [7, 11) is 0. The third-order valence-electron chi connectivity index (χ3n) is 4.33. The van der Waals surface area contributed by atoms with Crippen LogP contribution in [0, 0.1) is 5.92 Å². The van der Waals surface area contributed by atoms with E-state index in [1.807, 2.05) is 36.4 Å². The molecule has 1 heterocycles. The fourth-order valence-corrected chi connectivity index (χ4v) is 2.99. The monoisotopic (exact) mass is 294 g/mol. The van der Waals surface area contributed by atoms with Crippen LogP contribution < -0.4 is 5.32 Å². The number of nitrogens with zero attached hydrogens (tertiary/aromatic N) is 1. The van der Waals surface area contributed by atoms with Crippen molar-refractivity contribution in [1.82, 2.24) is 4.90 Å². The second kappa shape index (κ2) is 6.75. The van der Waals surface area contributed by atoms with E-state index in [2.05, 4.69) is 35.3 Å². The fraction of sp³-hybridized carbons (Fsp3) is 0.316. The SMILES string of the molecule is CCN1CC[C@@H](C(=O)Nc2cccc(-c3ccccc3)c2)C1. The Labute approximate surface area is 132 Å². The summed E-state index contributed by atoms with van der Waals surface area (Å²) in [6.45, 7) is 5.07. The zero-order valence-corrected chi connectivity index (χ0v) is 13.0. The van der Waals surface area contributed by atoms with Gasteiger partial charge >= 0.3 is 0 Å². The van der Waals surface area contributed by atoms with E-state index in [1.165, 1.54) is 0 Å². The number of nitrogens with one attached hydrogen (secondary N) is 1. The van der Waals surface area contributed by atoms with Crippen molar-refractivity contribution in [3.8, 4) is 11.1 Å². The van der Waals surface area contributed by atoms with Gasteiger partial charge in [0.1, 0.15) is 0 Å². The summed E-state index contributed by atoms with van der Waals surface area (Å²) in [4.78, 5) is 14.7. The van der Waals surface area contributed by atoms with E-state index in [1.54, 1.807) is 0 Å². The normalized spacial score (nSPS) is 18.3. The van der Waals surface area contributed by atoms with Gasteiger partial charge in [0, 0.05) is 12.2 Å². The minimum atomic E-state index is 0.111. The Morgan fingerprint density at radius 3 is 2.64 bits per heavy atom. The van der Waals surface area contributed by atoms with Crippen LogP contribution in [0.5, 0.6) is 0 Å². The largest absolute Gasteiger partial charge is 0.326 e. The minimum Gasteiger partial charge on any atom is -0.326 e. The minimum absolute atomic E-state index is 0.111. The van der Waals surface area contributed by atoms with Gasteiger partial charge in [-0.3, -0.25) is 4.79 Å². The Bertz CT molecular complexity index is 639. The molecule has 1 amide bonds. The van der Waals surface area contributed by atoms with Gasteiger partial charge in [-0.15, -0.1) is 0 Å². The van der Waals surface area contributed by atoms with Crippen LogP contribution in [0.4, 0.5) is 5.69 Å². The number of carbonyl (C=O) groups excluding carboxylic acids is 1. The number of amides is 1. The maximum absolute atomic E-state index is 12.4. The van der Waals surface area contributed by atoms with Crippen molar-refractivity contribution in [2.75, 3.05) is 25.0 Å². The molecule has 2 aromatic carbocycles. The highest BCUT2D eigenvalue weighted by atomic mass is 16.1. The molecule has 0 saturated carbocycles. The first-order valence-corrected chi connectivity index (χ1v) is 7.95. The molecule has 0 spiro atoms. The number of hydrogen-bond acceptors (Lipinski definition) is 2. The van der Waals surface area contributed by atoms with Crippen molar-refractivity contribution in [3.63, 3.8) is 0 Å². The summed E-state index contributed by atoms with van der Waals surface area (Å²) in [6.07, 6.45) is 0.956. The molecule has 1 saturated heterocycles. The molecular formula is C19H22N2O.